The molecular weight excluding hydrogens is 302 g/mol. The van der Waals surface area contributed by atoms with E-state index in [1.54, 1.807) is 36.2 Å². The van der Waals surface area contributed by atoms with E-state index < -0.39 is 10.8 Å². The van der Waals surface area contributed by atoms with Gasteiger partial charge in [-0.25, -0.2) is 0 Å². The highest BCUT2D eigenvalue weighted by molar-refractivity contribution is 7.98. The van der Waals surface area contributed by atoms with E-state index in [1.165, 1.54) is 0 Å². The van der Waals surface area contributed by atoms with Crippen LogP contribution >= 0.6 is 23.4 Å². The van der Waals surface area contributed by atoms with Crippen LogP contribution in [0.4, 0.5) is 5.69 Å². The molecule has 1 rings (SSSR count). The van der Waals surface area contributed by atoms with Gasteiger partial charge >= 0.3 is 0 Å². The van der Waals surface area contributed by atoms with Crippen molar-refractivity contribution in [2.75, 3.05) is 23.6 Å². The Kier molecular flexibility index (Phi) is 6.89. The largest absolute Gasteiger partial charge is 0.326 e. The Balaban J connectivity index is 2.79. The van der Waals surface area contributed by atoms with Crippen molar-refractivity contribution >= 4 is 45.8 Å². The van der Waals surface area contributed by atoms with Crippen LogP contribution in [-0.2, 0) is 21.3 Å². The van der Waals surface area contributed by atoms with E-state index in [0.29, 0.717) is 16.5 Å². The highest BCUT2D eigenvalue weighted by Gasteiger charge is 2.13. The van der Waals surface area contributed by atoms with E-state index in [9.17, 15) is 9.00 Å². The number of thioether (sulfide) groups is 1. The molecule has 0 spiro atoms. The molecule has 3 nitrogen and oxygen atoms in total. The van der Waals surface area contributed by atoms with E-state index in [-0.39, 0.29) is 11.8 Å². The van der Waals surface area contributed by atoms with E-state index >= 15 is 0 Å². The van der Waals surface area contributed by atoms with Crippen LogP contribution in [0.25, 0.3) is 0 Å². The van der Waals surface area contributed by atoms with Crippen molar-refractivity contribution in [3.05, 3.63) is 28.8 Å². The molecule has 1 amide bonds. The standard InChI is InChI=1S/C13H18ClNO2S2/c1-9(7-18-2)13(16)15-11-4-5-12(14)10(6-11)8-19(3)17/h4-6,9H,7-8H2,1-3H3,(H,15,16)/t9-,19+/m0/s1. The molecule has 0 saturated heterocycles. The predicted molar refractivity (Wildman–Crippen MR) is 85.4 cm³/mol. The summed E-state index contributed by atoms with van der Waals surface area (Å²) in [4.78, 5) is 11.9. The number of amides is 1. The Bertz CT molecular complexity index is 480. The quantitative estimate of drug-likeness (QED) is 0.876. The summed E-state index contributed by atoms with van der Waals surface area (Å²) in [5.41, 5.74) is 1.49. The summed E-state index contributed by atoms with van der Waals surface area (Å²) in [7, 11) is -0.960. The monoisotopic (exact) mass is 319 g/mol. The van der Waals surface area contributed by atoms with Gasteiger partial charge in [0, 0.05) is 45.2 Å². The van der Waals surface area contributed by atoms with Gasteiger partial charge in [0.2, 0.25) is 5.91 Å². The zero-order chi connectivity index (χ0) is 14.4. The lowest BCUT2D eigenvalue weighted by molar-refractivity contribution is -0.118. The molecule has 0 radical (unpaired) electrons. The van der Waals surface area contributed by atoms with Crippen LogP contribution in [0.2, 0.25) is 5.02 Å². The molecule has 0 aliphatic rings. The molecule has 0 heterocycles. The highest BCUT2D eigenvalue weighted by Crippen LogP contribution is 2.22. The fraction of sp³-hybridized carbons (Fsp3) is 0.462. The van der Waals surface area contributed by atoms with Crippen LogP contribution in [0.5, 0.6) is 0 Å². The number of carbonyl (C=O) groups is 1. The maximum atomic E-state index is 11.9. The van der Waals surface area contributed by atoms with Crippen molar-refractivity contribution < 1.29 is 9.00 Å². The van der Waals surface area contributed by atoms with E-state index in [0.717, 1.165) is 11.3 Å². The molecule has 1 aromatic rings. The zero-order valence-corrected chi connectivity index (χ0v) is 13.6. The van der Waals surface area contributed by atoms with Crippen LogP contribution in [0.1, 0.15) is 12.5 Å². The first-order chi connectivity index (χ1) is 8.93. The van der Waals surface area contributed by atoms with Crippen molar-refractivity contribution in [1.82, 2.24) is 0 Å². The van der Waals surface area contributed by atoms with E-state index in [2.05, 4.69) is 5.32 Å². The fourth-order valence-corrected chi connectivity index (χ4v) is 3.17. The molecule has 0 aliphatic heterocycles. The average molecular weight is 320 g/mol. The molecule has 19 heavy (non-hydrogen) atoms. The molecular formula is C13H18ClNO2S2. The third kappa shape index (κ3) is 5.55. The van der Waals surface area contributed by atoms with Gasteiger partial charge in [-0.2, -0.15) is 11.8 Å². The first-order valence-electron chi connectivity index (χ1n) is 5.82. The highest BCUT2D eigenvalue weighted by atomic mass is 35.5. The number of benzene rings is 1. The van der Waals surface area contributed by atoms with Crippen molar-refractivity contribution in [3.8, 4) is 0 Å². The number of anilines is 1. The summed E-state index contributed by atoms with van der Waals surface area (Å²) in [5.74, 6) is 1.11. The normalized spacial score (nSPS) is 13.9. The first kappa shape index (κ1) is 16.5. The molecule has 0 aliphatic carbocycles. The number of hydrogen-bond donors (Lipinski definition) is 1. The van der Waals surface area contributed by atoms with Gasteiger partial charge in [-0.15, -0.1) is 0 Å². The predicted octanol–water partition coefficient (Wildman–Crippen LogP) is 3.16. The molecule has 0 aromatic heterocycles. The second kappa shape index (κ2) is 7.92. The van der Waals surface area contributed by atoms with Crippen LogP contribution < -0.4 is 5.32 Å². The third-order valence-corrected chi connectivity index (χ3v) is 4.46. The number of hydrogen-bond acceptors (Lipinski definition) is 3. The summed E-state index contributed by atoms with van der Waals surface area (Å²) < 4.78 is 11.3. The molecule has 6 heteroatoms. The Morgan fingerprint density at radius 1 is 1.53 bits per heavy atom. The van der Waals surface area contributed by atoms with Crippen molar-refractivity contribution in [2.24, 2.45) is 5.92 Å². The lowest BCUT2D eigenvalue weighted by Gasteiger charge is -2.12. The van der Waals surface area contributed by atoms with Gasteiger partial charge in [0.1, 0.15) is 0 Å². The van der Waals surface area contributed by atoms with Crippen molar-refractivity contribution in [1.29, 1.82) is 0 Å². The van der Waals surface area contributed by atoms with E-state index in [1.807, 2.05) is 13.2 Å². The lowest BCUT2D eigenvalue weighted by atomic mass is 10.2. The molecule has 0 unspecified atom stereocenters. The van der Waals surface area contributed by atoms with Crippen molar-refractivity contribution in [3.63, 3.8) is 0 Å². The molecule has 2 atom stereocenters. The third-order valence-electron chi connectivity index (χ3n) is 2.54. The van der Waals surface area contributed by atoms with Crippen LogP contribution in [-0.4, -0.2) is 28.4 Å². The Labute approximate surface area is 125 Å². The summed E-state index contributed by atoms with van der Waals surface area (Å²) in [6, 6.07) is 5.26. The molecule has 106 valence electrons. The summed E-state index contributed by atoms with van der Waals surface area (Å²) >= 11 is 7.68. The minimum Gasteiger partial charge on any atom is -0.326 e. The maximum Gasteiger partial charge on any atom is 0.228 e. The van der Waals surface area contributed by atoms with Gasteiger partial charge in [-0.05, 0) is 30.0 Å². The fourth-order valence-electron chi connectivity index (χ4n) is 1.57. The lowest BCUT2D eigenvalue weighted by Crippen LogP contribution is -2.22. The summed E-state index contributed by atoms with van der Waals surface area (Å²) in [6.07, 6.45) is 3.60. The first-order valence-corrected chi connectivity index (χ1v) is 9.32. The molecule has 0 saturated carbocycles. The minimum absolute atomic E-state index is 0.0137. The van der Waals surface area contributed by atoms with Gasteiger partial charge in [-0.1, -0.05) is 18.5 Å². The second-order valence-electron chi connectivity index (χ2n) is 4.37. The zero-order valence-electron chi connectivity index (χ0n) is 11.2. The number of nitrogens with one attached hydrogen (secondary N) is 1. The Morgan fingerprint density at radius 2 is 2.21 bits per heavy atom. The van der Waals surface area contributed by atoms with Gasteiger partial charge in [-0.3, -0.25) is 9.00 Å². The maximum absolute atomic E-state index is 11.9. The van der Waals surface area contributed by atoms with Gasteiger partial charge in [0.05, 0.1) is 0 Å². The minimum atomic E-state index is -0.960. The molecule has 1 aromatic carbocycles. The smallest absolute Gasteiger partial charge is 0.228 e. The Morgan fingerprint density at radius 3 is 2.79 bits per heavy atom. The van der Waals surface area contributed by atoms with Crippen LogP contribution in [0.15, 0.2) is 18.2 Å². The van der Waals surface area contributed by atoms with Gasteiger partial charge in [0.25, 0.3) is 0 Å². The number of halogens is 1. The molecule has 0 fully saturated rings. The van der Waals surface area contributed by atoms with Crippen LogP contribution in [0.3, 0.4) is 0 Å². The summed E-state index contributed by atoms with van der Waals surface area (Å²) in [6.45, 7) is 1.89. The van der Waals surface area contributed by atoms with Crippen LogP contribution in [0, 0.1) is 5.92 Å². The average Bonchev–Trinajstić information content (AvgIpc) is 2.33. The van der Waals surface area contributed by atoms with Crippen molar-refractivity contribution in [2.45, 2.75) is 12.7 Å². The number of carbonyl (C=O) groups excluding carboxylic acids is 1. The molecule has 0 bridgehead atoms. The van der Waals surface area contributed by atoms with E-state index in [4.69, 9.17) is 11.6 Å². The molecule has 1 N–H and O–H groups in total. The summed E-state index contributed by atoms with van der Waals surface area (Å²) in [5, 5.41) is 3.43. The number of rotatable bonds is 6. The Hall–Kier alpha value is -0.520. The van der Waals surface area contributed by atoms with Gasteiger partial charge < -0.3 is 5.32 Å². The SMILES string of the molecule is CSC[C@H](C)C(=O)Nc1ccc(Cl)c(C[S@@](C)=O)c1. The van der Waals surface area contributed by atoms with Gasteiger partial charge in [0.15, 0.2) is 0 Å². The topological polar surface area (TPSA) is 46.2 Å². The second-order valence-corrected chi connectivity index (χ2v) is 7.12.